The summed E-state index contributed by atoms with van der Waals surface area (Å²) in [5.41, 5.74) is 0.746. The predicted octanol–water partition coefficient (Wildman–Crippen LogP) is 1.99. The fraction of sp³-hybridized carbons (Fsp3) is 0.273. The zero-order chi connectivity index (χ0) is 12.7. The Labute approximate surface area is 108 Å². The number of benzene rings is 1. The van der Waals surface area contributed by atoms with Gasteiger partial charge in [0.05, 0.1) is 18.4 Å². The van der Waals surface area contributed by atoms with Crippen molar-refractivity contribution in [1.82, 2.24) is 5.32 Å². The summed E-state index contributed by atoms with van der Waals surface area (Å²) in [4.78, 5) is 22.9. The number of carbonyl (C=O) groups is 2. The Morgan fingerprint density at radius 3 is 2.71 bits per heavy atom. The van der Waals surface area contributed by atoms with Crippen molar-refractivity contribution >= 4 is 33.6 Å². The second-order valence-electron chi connectivity index (χ2n) is 3.11. The number of urea groups is 1. The zero-order valence-corrected chi connectivity index (χ0v) is 10.9. The highest BCUT2D eigenvalue weighted by Gasteiger charge is 2.12. The highest BCUT2D eigenvalue weighted by molar-refractivity contribution is 9.09. The first kappa shape index (κ1) is 13.5. The number of ether oxygens (including phenoxy) is 1. The Bertz CT molecular complexity index is 409. The average Bonchev–Trinajstić information content (AvgIpc) is 2.36. The van der Waals surface area contributed by atoms with Crippen LogP contribution in [0.15, 0.2) is 24.3 Å². The van der Waals surface area contributed by atoms with E-state index in [0.29, 0.717) is 23.1 Å². The monoisotopic (exact) mass is 300 g/mol. The van der Waals surface area contributed by atoms with Crippen LogP contribution in [0.25, 0.3) is 0 Å². The number of halogens is 1. The maximum atomic E-state index is 11.4. The van der Waals surface area contributed by atoms with Crippen LogP contribution in [-0.4, -0.2) is 31.0 Å². The van der Waals surface area contributed by atoms with Gasteiger partial charge in [-0.3, -0.25) is 0 Å². The number of carbonyl (C=O) groups excluding carboxylic acids is 2. The van der Waals surface area contributed by atoms with Gasteiger partial charge in [-0.25, -0.2) is 9.59 Å². The van der Waals surface area contributed by atoms with E-state index in [1.165, 1.54) is 7.11 Å². The van der Waals surface area contributed by atoms with Gasteiger partial charge in [-0.15, -0.1) is 0 Å². The Morgan fingerprint density at radius 1 is 1.35 bits per heavy atom. The molecule has 1 aromatic carbocycles. The molecule has 0 aliphatic rings. The Balaban J connectivity index is 2.76. The highest BCUT2D eigenvalue weighted by Crippen LogP contribution is 2.15. The summed E-state index contributed by atoms with van der Waals surface area (Å²) in [5, 5.41) is 5.87. The van der Waals surface area contributed by atoms with Crippen molar-refractivity contribution in [3.8, 4) is 0 Å². The van der Waals surface area contributed by atoms with Crippen molar-refractivity contribution in [3.05, 3.63) is 29.8 Å². The van der Waals surface area contributed by atoms with Crippen LogP contribution in [0.5, 0.6) is 0 Å². The number of hydrogen-bond acceptors (Lipinski definition) is 3. The van der Waals surface area contributed by atoms with Gasteiger partial charge < -0.3 is 15.4 Å². The van der Waals surface area contributed by atoms with E-state index in [9.17, 15) is 9.59 Å². The number of alkyl halides is 1. The van der Waals surface area contributed by atoms with Crippen LogP contribution in [0.2, 0.25) is 0 Å². The second-order valence-corrected chi connectivity index (χ2v) is 3.90. The van der Waals surface area contributed by atoms with Crippen LogP contribution in [0.1, 0.15) is 10.4 Å². The van der Waals surface area contributed by atoms with Crippen LogP contribution < -0.4 is 10.6 Å². The molecule has 0 aromatic heterocycles. The van der Waals surface area contributed by atoms with E-state index in [0.717, 1.165) is 0 Å². The molecule has 17 heavy (non-hydrogen) atoms. The third-order valence-electron chi connectivity index (χ3n) is 1.96. The summed E-state index contributed by atoms with van der Waals surface area (Å²) < 4.78 is 4.62. The quantitative estimate of drug-likeness (QED) is 0.660. The van der Waals surface area contributed by atoms with Gasteiger partial charge in [-0.2, -0.15) is 0 Å². The molecule has 0 saturated carbocycles. The molecule has 2 N–H and O–H groups in total. The topological polar surface area (TPSA) is 67.4 Å². The molecule has 0 bridgehead atoms. The molecule has 0 spiro atoms. The lowest BCUT2D eigenvalue weighted by Crippen LogP contribution is -2.30. The van der Waals surface area contributed by atoms with Gasteiger partial charge in [0.2, 0.25) is 0 Å². The highest BCUT2D eigenvalue weighted by atomic mass is 79.9. The number of rotatable bonds is 4. The van der Waals surface area contributed by atoms with Crippen molar-refractivity contribution in [2.45, 2.75) is 0 Å². The standard InChI is InChI=1S/C11H13BrN2O3/c1-17-10(15)8-4-2-3-5-9(8)14-11(16)13-7-6-12/h2-5H,6-7H2,1H3,(H2,13,14,16). The van der Waals surface area contributed by atoms with Crippen molar-refractivity contribution in [2.24, 2.45) is 0 Å². The molecule has 2 amide bonds. The average molecular weight is 301 g/mol. The van der Waals surface area contributed by atoms with Gasteiger partial charge in [0.25, 0.3) is 0 Å². The lowest BCUT2D eigenvalue weighted by molar-refractivity contribution is 0.0602. The van der Waals surface area contributed by atoms with Gasteiger partial charge in [0.1, 0.15) is 0 Å². The van der Waals surface area contributed by atoms with Crippen molar-refractivity contribution in [3.63, 3.8) is 0 Å². The zero-order valence-electron chi connectivity index (χ0n) is 9.33. The van der Waals surface area contributed by atoms with Crippen LogP contribution in [0.4, 0.5) is 10.5 Å². The Morgan fingerprint density at radius 2 is 2.06 bits per heavy atom. The molecule has 0 heterocycles. The molecule has 6 heteroatoms. The number of para-hydroxylation sites is 1. The molecular weight excluding hydrogens is 288 g/mol. The summed E-state index contributed by atoms with van der Waals surface area (Å²) in [6, 6.07) is 6.30. The molecule has 0 fully saturated rings. The molecule has 1 rings (SSSR count). The SMILES string of the molecule is COC(=O)c1ccccc1NC(=O)NCCBr. The first-order valence-corrected chi connectivity index (χ1v) is 6.09. The van der Waals surface area contributed by atoms with Gasteiger partial charge in [-0.1, -0.05) is 28.1 Å². The molecule has 0 atom stereocenters. The van der Waals surface area contributed by atoms with E-state index in [4.69, 9.17) is 0 Å². The van der Waals surface area contributed by atoms with E-state index in [2.05, 4.69) is 31.3 Å². The third-order valence-corrected chi connectivity index (χ3v) is 2.36. The van der Waals surface area contributed by atoms with Gasteiger partial charge in [0, 0.05) is 11.9 Å². The van der Waals surface area contributed by atoms with Gasteiger partial charge in [-0.05, 0) is 12.1 Å². The van der Waals surface area contributed by atoms with Crippen molar-refractivity contribution < 1.29 is 14.3 Å². The third kappa shape index (κ3) is 4.07. The summed E-state index contributed by atoms with van der Waals surface area (Å²) in [5.74, 6) is -0.485. The number of methoxy groups -OCH3 is 1. The molecule has 0 aliphatic heterocycles. The van der Waals surface area contributed by atoms with E-state index < -0.39 is 5.97 Å². The minimum Gasteiger partial charge on any atom is -0.465 e. The minimum absolute atomic E-state index is 0.323. The number of nitrogens with one attached hydrogen (secondary N) is 2. The lowest BCUT2D eigenvalue weighted by atomic mass is 10.2. The maximum Gasteiger partial charge on any atom is 0.339 e. The van der Waals surface area contributed by atoms with Crippen molar-refractivity contribution in [1.29, 1.82) is 0 Å². The van der Waals surface area contributed by atoms with Crippen LogP contribution in [0.3, 0.4) is 0 Å². The first-order valence-electron chi connectivity index (χ1n) is 4.97. The Kier molecular flexibility index (Phi) is 5.48. The van der Waals surface area contributed by atoms with Crippen LogP contribution >= 0.6 is 15.9 Å². The Hall–Kier alpha value is -1.56. The fourth-order valence-corrected chi connectivity index (χ4v) is 1.41. The molecule has 1 aromatic rings. The molecule has 0 unspecified atom stereocenters. The van der Waals surface area contributed by atoms with Crippen molar-refractivity contribution in [2.75, 3.05) is 24.3 Å². The smallest absolute Gasteiger partial charge is 0.339 e. The van der Waals surface area contributed by atoms with E-state index in [1.807, 2.05) is 0 Å². The van der Waals surface area contributed by atoms with Gasteiger partial charge >= 0.3 is 12.0 Å². The molecule has 0 saturated heterocycles. The number of amides is 2. The summed E-state index contributed by atoms with van der Waals surface area (Å²) >= 11 is 3.20. The molecule has 92 valence electrons. The number of esters is 1. The summed E-state index contributed by atoms with van der Waals surface area (Å²) in [7, 11) is 1.30. The number of anilines is 1. The summed E-state index contributed by atoms with van der Waals surface area (Å²) in [6.45, 7) is 0.506. The normalized spacial score (nSPS) is 9.53. The van der Waals surface area contributed by atoms with E-state index in [1.54, 1.807) is 24.3 Å². The molecule has 0 radical (unpaired) electrons. The van der Waals surface area contributed by atoms with Crippen LogP contribution in [0, 0.1) is 0 Å². The maximum absolute atomic E-state index is 11.4. The van der Waals surface area contributed by atoms with Crippen LogP contribution in [-0.2, 0) is 4.74 Å². The largest absolute Gasteiger partial charge is 0.465 e. The predicted molar refractivity (Wildman–Crippen MR) is 68.6 cm³/mol. The number of hydrogen-bond donors (Lipinski definition) is 2. The molecular formula is C11H13BrN2O3. The second kappa shape index (κ2) is 6.90. The molecule has 0 aliphatic carbocycles. The summed E-state index contributed by atoms with van der Waals surface area (Å²) in [6.07, 6.45) is 0. The fourth-order valence-electron chi connectivity index (χ4n) is 1.21. The van der Waals surface area contributed by atoms with E-state index >= 15 is 0 Å². The minimum atomic E-state index is -0.485. The van der Waals surface area contributed by atoms with Gasteiger partial charge in [0.15, 0.2) is 0 Å². The van der Waals surface area contributed by atoms with E-state index in [-0.39, 0.29) is 6.03 Å². The lowest BCUT2D eigenvalue weighted by Gasteiger charge is -2.09. The molecule has 5 nitrogen and oxygen atoms in total. The first-order chi connectivity index (χ1) is 8.19.